The van der Waals surface area contributed by atoms with Crippen LogP contribution in [0.1, 0.15) is 5.56 Å². The molecular weight excluding hydrogens is 280 g/mol. The molecule has 0 atom stereocenters. The van der Waals surface area contributed by atoms with Crippen LogP contribution >= 0.6 is 15.9 Å². The number of rotatable bonds is 2. The van der Waals surface area contributed by atoms with Gasteiger partial charge in [-0.25, -0.2) is 0 Å². The maximum Gasteiger partial charge on any atom is 0.121 e. The first kappa shape index (κ1) is 12.0. The summed E-state index contributed by atoms with van der Waals surface area (Å²) in [5, 5.41) is 9.57. The number of aromatic hydroxyl groups is 1. The maximum absolute atomic E-state index is 9.57. The van der Waals surface area contributed by atoms with Crippen molar-refractivity contribution < 1.29 is 9.84 Å². The van der Waals surface area contributed by atoms with E-state index < -0.39 is 0 Å². The van der Waals surface area contributed by atoms with E-state index in [-0.39, 0.29) is 5.75 Å². The van der Waals surface area contributed by atoms with Gasteiger partial charge >= 0.3 is 0 Å². The Morgan fingerprint density at radius 3 is 2.41 bits per heavy atom. The zero-order chi connectivity index (χ0) is 12.4. The van der Waals surface area contributed by atoms with Crippen LogP contribution in [0.15, 0.2) is 40.9 Å². The van der Waals surface area contributed by atoms with Crippen LogP contribution in [0.3, 0.4) is 0 Å². The minimum Gasteiger partial charge on any atom is -0.508 e. The second-order valence-electron chi connectivity index (χ2n) is 3.88. The van der Waals surface area contributed by atoms with Gasteiger partial charge in [0.15, 0.2) is 0 Å². The Labute approximate surface area is 109 Å². The molecular formula is C14H13BrO2. The van der Waals surface area contributed by atoms with Crippen molar-refractivity contribution in [2.45, 2.75) is 6.92 Å². The van der Waals surface area contributed by atoms with E-state index in [9.17, 15) is 5.11 Å². The van der Waals surface area contributed by atoms with Gasteiger partial charge in [0.2, 0.25) is 0 Å². The molecule has 0 aliphatic rings. The Kier molecular flexibility index (Phi) is 3.38. The highest BCUT2D eigenvalue weighted by molar-refractivity contribution is 9.10. The summed E-state index contributed by atoms with van der Waals surface area (Å²) in [5.41, 5.74) is 3.10. The zero-order valence-corrected chi connectivity index (χ0v) is 11.3. The standard InChI is InChI=1S/C14H13BrO2/c1-9-5-10(3-4-14(9)17-2)11-6-12(15)8-13(16)7-11/h3-8,16H,1-2H3. The number of hydrogen-bond donors (Lipinski definition) is 1. The van der Waals surface area contributed by atoms with E-state index in [4.69, 9.17) is 4.74 Å². The second-order valence-corrected chi connectivity index (χ2v) is 4.80. The fourth-order valence-corrected chi connectivity index (χ4v) is 2.28. The number of phenols is 1. The predicted molar refractivity (Wildman–Crippen MR) is 72.5 cm³/mol. The van der Waals surface area contributed by atoms with Gasteiger partial charge in [-0.15, -0.1) is 0 Å². The molecule has 0 fully saturated rings. The molecule has 0 saturated heterocycles. The van der Waals surface area contributed by atoms with Crippen molar-refractivity contribution in [1.82, 2.24) is 0 Å². The van der Waals surface area contributed by atoms with Crippen molar-refractivity contribution in [2.24, 2.45) is 0 Å². The molecule has 0 saturated carbocycles. The van der Waals surface area contributed by atoms with Gasteiger partial charge in [0.25, 0.3) is 0 Å². The van der Waals surface area contributed by atoms with Crippen LogP contribution in [-0.4, -0.2) is 12.2 Å². The van der Waals surface area contributed by atoms with Crippen molar-refractivity contribution in [3.05, 3.63) is 46.4 Å². The number of methoxy groups -OCH3 is 1. The number of halogens is 1. The highest BCUT2D eigenvalue weighted by Crippen LogP contribution is 2.30. The Hall–Kier alpha value is -1.48. The van der Waals surface area contributed by atoms with Crippen LogP contribution in [0.25, 0.3) is 11.1 Å². The number of hydrogen-bond acceptors (Lipinski definition) is 2. The Bertz CT molecular complexity index is 530. The van der Waals surface area contributed by atoms with Crippen LogP contribution in [0, 0.1) is 6.92 Å². The highest BCUT2D eigenvalue weighted by atomic mass is 79.9. The van der Waals surface area contributed by atoms with Crippen LogP contribution in [0.2, 0.25) is 0 Å². The van der Waals surface area contributed by atoms with Gasteiger partial charge in [0, 0.05) is 4.47 Å². The Morgan fingerprint density at radius 2 is 1.82 bits per heavy atom. The number of phenolic OH excluding ortho intramolecular Hbond substituents is 1. The summed E-state index contributed by atoms with van der Waals surface area (Å²) in [5.74, 6) is 1.12. The summed E-state index contributed by atoms with van der Waals surface area (Å²) in [6, 6.07) is 11.3. The van der Waals surface area contributed by atoms with Gasteiger partial charge in [-0.2, -0.15) is 0 Å². The lowest BCUT2D eigenvalue weighted by atomic mass is 10.0. The van der Waals surface area contributed by atoms with Crippen molar-refractivity contribution >= 4 is 15.9 Å². The molecule has 2 nitrogen and oxygen atoms in total. The first-order valence-electron chi connectivity index (χ1n) is 5.25. The second kappa shape index (κ2) is 4.80. The quantitative estimate of drug-likeness (QED) is 0.901. The van der Waals surface area contributed by atoms with Crippen molar-refractivity contribution in [2.75, 3.05) is 7.11 Å². The molecule has 0 radical (unpaired) electrons. The van der Waals surface area contributed by atoms with E-state index in [0.717, 1.165) is 26.9 Å². The van der Waals surface area contributed by atoms with Crippen LogP contribution in [0.4, 0.5) is 0 Å². The third-order valence-corrected chi connectivity index (χ3v) is 3.07. The normalized spacial score (nSPS) is 10.3. The van der Waals surface area contributed by atoms with E-state index in [0.29, 0.717) is 0 Å². The molecule has 2 aromatic carbocycles. The van der Waals surface area contributed by atoms with Crippen LogP contribution < -0.4 is 4.74 Å². The minimum absolute atomic E-state index is 0.253. The van der Waals surface area contributed by atoms with E-state index in [1.54, 1.807) is 19.2 Å². The monoisotopic (exact) mass is 292 g/mol. The Morgan fingerprint density at radius 1 is 1.06 bits per heavy atom. The summed E-state index contributed by atoms with van der Waals surface area (Å²) >= 11 is 3.37. The first-order valence-corrected chi connectivity index (χ1v) is 6.04. The van der Waals surface area contributed by atoms with E-state index in [1.165, 1.54) is 0 Å². The maximum atomic E-state index is 9.57. The molecule has 0 bridgehead atoms. The average molecular weight is 293 g/mol. The summed E-state index contributed by atoms with van der Waals surface area (Å²) in [7, 11) is 1.66. The summed E-state index contributed by atoms with van der Waals surface area (Å²) in [6.45, 7) is 2.00. The van der Waals surface area contributed by atoms with Gasteiger partial charge in [-0.1, -0.05) is 22.0 Å². The van der Waals surface area contributed by atoms with Gasteiger partial charge in [-0.05, 0) is 53.9 Å². The smallest absolute Gasteiger partial charge is 0.121 e. The highest BCUT2D eigenvalue weighted by Gasteiger charge is 2.04. The van der Waals surface area contributed by atoms with Crippen molar-refractivity contribution in [3.8, 4) is 22.6 Å². The number of benzene rings is 2. The van der Waals surface area contributed by atoms with Crippen LogP contribution in [0.5, 0.6) is 11.5 Å². The van der Waals surface area contributed by atoms with Gasteiger partial charge < -0.3 is 9.84 Å². The molecule has 0 amide bonds. The molecule has 0 unspecified atom stereocenters. The fraction of sp³-hybridized carbons (Fsp3) is 0.143. The molecule has 0 aliphatic heterocycles. The summed E-state index contributed by atoms with van der Waals surface area (Å²) in [6.07, 6.45) is 0. The third-order valence-electron chi connectivity index (χ3n) is 2.61. The molecule has 17 heavy (non-hydrogen) atoms. The minimum atomic E-state index is 0.253. The molecule has 88 valence electrons. The lowest BCUT2D eigenvalue weighted by molar-refractivity contribution is 0.412. The topological polar surface area (TPSA) is 29.5 Å². The lowest BCUT2D eigenvalue weighted by Gasteiger charge is -2.08. The van der Waals surface area contributed by atoms with Gasteiger partial charge in [0.1, 0.15) is 11.5 Å². The predicted octanol–water partition coefficient (Wildman–Crippen LogP) is 4.14. The van der Waals surface area contributed by atoms with Crippen molar-refractivity contribution in [3.63, 3.8) is 0 Å². The first-order chi connectivity index (χ1) is 8.10. The average Bonchev–Trinajstić information content (AvgIpc) is 2.27. The number of aryl methyl sites for hydroxylation is 1. The molecule has 2 aromatic rings. The fourth-order valence-electron chi connectivity index (χ4n) is 1.80. The molecule has 3 heteroatoms. The summed E-state index contributed by atoms with van der Waals surface area (Å²) < 4.78 is 6.09. The van der Waals surface area contributed by atoms with Gasteiger partial charge in [0.05, 0.1) is 7.11 Å². The number of ether oxygens (including phenoxy) is 1. The van der Waals surface area contributed by atoms with E-state index in [2.05, 4.69) is 15.9 Å². The van der Waals surface area contributed by atoms with E-state index >= 15 is 0 Å². The SMILES string of the molecule is COc1ccc(-c2cc(O)cc(Br)c2)cc1C. The largest absolute Gasteiger partial charge is 0.508 e. The lowest BCUT2D eigenvalue weighted by Crippen LogP contribution is -1.87. The molecule has 0 heterocycles. The van der Waals surface area contributed by atoms with Gasteiger partial charge in [-0.3, -0.25) is 0 Å². The summed E-state index contributed by atoms with van der Waals surface area (Å²) in [4.78, 5) is 0. The molecule has 1 N–H and O–H groups in total. The molecule has 2 rings (SSSR count). The Balaban J connectivity index is 2.49. The third kappa shape index (κ3) is 2.61. The molecule has 0 spiro atoms. The van der Waals surface area contributed by atoms with E-state index in [1.807, 2.05) is 31.2 Å². The zero-order valence-electron chi connectivity index (χ0n) is 9.70. The molecule has 0 aliphatic carbocycles. The van der Waals surface area contributed by atoms with Crippen LogP contribution in [-0.2, 0) is 0 Å². The van der Waals surface area contributed by atoms with Crippen molar-refractivity contribution in [1.29, 1.82) is 0 Å². The molecule has 0 aromatic heterocycles.